The summed E-state index contributed by atoms with van der Waals surface area (Å²) in [7, 11) is 0. The lowest BCUT2D eigenvalue weighted by Crippen LogP contribution is -2.56. The van der Waals surface area contributed by atoms with Crippen molar-refractivity contribution in [3.63, 3.8) is 0 Å². The van der Waals surface area contributed by atoms with Gasteiger partial charge in [0.2, 0.25) is 0 Å². The first-order valence-corrected chi connectivity index (χ1v) is 5.19. The Morgan fingerprint density at radius 2 is 1.23 bits per heavy atom. The van der Waals surface area contributed by atoms with E-state index in [1.165, 1.54) is 0 Å². The van der Waals surface area contributed by atoms with Crippen molar-refractivity contribution < 1.29 is 14.9 Å². The zero-order valence-corrected chi connectivity index (χ0v) is 7.70. The molecule has 0 aromatic rings. The van der Waals surface area contributed by atoms with Crippen molar-refractivity contribution >= 4 is 0 Å². The fourth-order valence-corrected chi connectivity index (χ4v) is 2.68. The van der Waals surface area contributed by atoms with Crippen LogP contribution in [-0.2, 0) is 4.74 Å². The van der Waals surface area contributed by atoms with Gasteiger partial charge in [0.15, 0.2) is 0 Å². The van der Waals surface area contributed by atoms with E-state index in [1.807, 2.05) is 0 Å². The Balaban J connectivity index is 1.91. The minimum Gasteiger partial charge on any atom is -0.384 e. The smallest absolute Gasteiger partial charge is 0.122 e. The highest BCUT2D eigenvalue weighted by molar-refractivity contribution is 5.16. The Hall–Kier alpha value is -0.120. The number of rotatable bonds is 2. The Morgan fingerprint density at radius 1 is 0.846 bits per heavy atom. The SMILES string of the molecule is O[C@@]1(C2CC2)COC[C@]1(O)C1CC1. The van der Waals surface area contributed by atoms with E-state index in [4.69, 9.17) is 4.74 Å². The number of ether oxygens (including phenoxy) is 1. The maximum Gasteiger partial charge on any atom is 0.122 e. The summed E-state index contributed by atoms with van der Waals surface area (Å²) in [5.41, 5.74) is -1.84. The van der Waals surface area contributed by atoms with Crippen molar-refractivity contribution in [1.82, 2.24) is 0 Å². The molecule has 13 heavy (non-hydrogen) atoms. The van der Waals surface area contributed by atoms with Crippen LogP contribution in [0.1, 0.15) is 25.7 Å². The maximum absolute atomic E-state index is 10.4. The van der Waals surface area contributed by atoms with Gasteiger partial charge in [0.25, 0.3) is 0 Å². The monoisotopic (exact) mass is 184 g/mol. The predicted molar refractivity (Wildman–Crippen MR) is 46.2 cm³/mol. The molecule has 0 bridgehead atoms. The summed E-state index contributed by atoms with van der Waals surface area (Å²) in [6.45, 7) is 0.676. The molecule has 1 saturated heterocycles. The number of hydrogen-bond acceptors (Lipinski definition) is 3. The lowest BCUT2D eigenvalue weighted by molar-refractivity contribution is -0.142. The second kappa shape index (κ2) is 2.27. The molecule has 2 N–H and O–H groups in total. The molecule has 3 aliphatic rings. The van der Waals surface area contributed by atoms with Crippen LogP contribution < -0.4 is 0 Å². The quantitative estimate of drug-likeness (QED) is 0.649. The molecule has 0 unspecified atom stereocenters. The third-order valence-corrected chi connectivity index (χ3v) is 3.90. The lowest BCUT2D eigenvalue weighted by Gasteiger charge is -2.36. The van der Waals surface area contributed by atoms with Crippen molar-refractivity contribution in [2.45, 2.75) is 36.9 Å². The molecule has 0 spiro atoms. The average Bonchev–Trinajstić information content (AvgIpc) is 2.98. The van der Waals surface area contributed by atoms with Crippen molar-refractivity contribution in [3.05, 3.63) is 0 Å². The van der Waals surface area contributed by atoms with Gasteiger partial charge in [-0.1, -0.05) is 0 Å². The fourth-order valence-electron chi connectivity index (χ4n) is 2.68. The molecular weight excluding hydrogens is 168 g/mol. The van der Waals surface area contributed by atoms with Crippen LogP contribution in [0.15, 0.2) is 0 Å². The van der Waals surface area contributed by atoms with Crippen molar-refractivity contribution in [3.8, 4) is 0 Å². The maximum atomic E-state index is 10.4. The Bertz CT molecular complexity index is 210. The molecule has 1 heterocycles. The van der Waals surface area contributed by atoms with Gasteiger partial charge in [-0.05, 0) is 37.5 Å². The van der Waals surface area contributed by atoms with Gasteiger partial charge in [-0.25, -0.2) is 0 Å². The summed E-state index contributed by atoms with van der Waals surface area (Å²) in [6.07, 6.45) is 4.20. The third kappa shape index (κ3) is 0.953. The highest BCUT2D eigenvalue weighted by Crippen LogP contribution is 2.55. The van der Waals surface area contributed by atoms with Gasteiger partial charge < -0.3 is 14.9 Å². The van der Waals surface area contributed by atoms with Gasteiger partial charge in [0, 0.05) is 0 Å². The molecular formula is C10H16O3. The van der Waals surface area contributed by atoms with Crippen LogP contribution in [0.4, 0.5) is 0 Å². The van der Waals surface area contributed by atoms with E-state index in [2.05, 4.69) is 0 Å². The first-order valence-electron chi connectivity index (χ1n) is 5.19. The van der Waals surface area contributed by atoms with Crippen LogP contribution in [0, 0.1) is 11.8 Å². The van der Waals surface area contributed by atoms with E-state index in [0.717, 1.165) is 25.7 Å². The highest BCUT2D eigenvalue weighted by Gasteiger charge is 2.66. The van der Waals surface area contributed by atoms with Gasteiger partial charge in [-0.3, -0.25) is 0 Å². The zero-order valence-electron chi connectivity index (χ0n) is 7.70. The first kappa shape index (κ1) is 8.21. The molecule has 0 aromatic heterocycles. The Kier molecular flexibility index (Phi) is 1.43. The largest absolute Gasteiger partial charge is 0.384 e. The zero-order chi connectivity index (χ0) is 9.10. The van der Waals surface area contributed by atoms with E-state index in [9.17, 15) is 10.2 Å². The molecule has 0 radical (unpaired) electrons. The highest BCUT2D eigenvalue weighted by atomic mass is 16.5. The molecule has 0 aromatic carbocycles. The third-order valence-electron chi connectivity index (χ3n) is 3.90. The van der Waals surface area contributed by atoms with E-state index in [1.54, 1.807) is 0 Å². The minimum atomic E-state index is -0.922. The van der Waals surface area contributed by atoms with Crippen LogP contribution >= 0.6 is 0 Å². The molecule has 2 atom stereocenters. The van der Waals surface area contributed by atoms with Gasteiger partial charge >= 0.3 is 0 Å². The van der Waals surface area contributed by atoms with E-state index >= 15 is 0 Å². The van der Waals surface area contributed by atoms with E-state index in [-0.39, 0.29) is 0 Å². The Labute approximate surface area is 77.7 Å². The molecule has 3 fully saturated rings. The van der Waals surface area contributed by atoms with E-state index < -0.39 is 11.2 Å². The summed E-state index contributed by atoms with van der Waals surface area (Å²) in [5.74, 6) is 0.584. The van der Waals surface area contributed by atoms with Gasteiger partial charge in [0.1, 0.15) is 11.2 Å². The van der Waals surface area contributed by atoms with Crippen LogP contribution in [0.3, 0.4) is 0 Å². The van der Waals surface area contributed by atoms with Gasteiger partial charge in [0.05, 0.1) is 13.2 Å². The molecule has 2 aliphatic carbocycles. The second-order valence-corrected chi connectivity index (χ2v) is 4.89. The van der Waals surface area contributed by atoms with Gasteiger partial charge in [-0.15, -0.1) is 0 Å². The van der Waals surface area contributed by atoms with Crippen molar-refractivity contribution in [2.24, 2.45) is 11.8 Å². The predicted octanol–water partition coefficient (Wildman–Crippen LogP) is 0.299. The standard InChI is InChI=1S/C10H16O3/c11-9(7-1-2-7)5-13-6-10(9,12)8-3-4-8/h7-8,11-12H,1-6H2/t9-,10+. The summed E-state index contributed by atoms with van der Waals surface area (Å²) >= 11 is 0. The van der Waals surface area contributed by atoms with Gasteiger partial charge in [-0.2, -0.15) is 0 Å². The Morgan fingerprint density at radius 3 is 1.54 bits per heavy atom. The topological polar surface area (TPSA) is 49.7 Å². The molecule has 0 amide bonds. The molecule has 2 saturated carbocycles. The second-order valence-electron chi connectivity index (χ2n) is 4.89. The summed E-state index contributed by atoms with van der Waals surface area (Å²) in [4.78, 5) is 0. The van der Waals surface area contributed by atoms with Crippen LogP contribution in [0.25, 0.3) is 0 Å². The lowest BCUT2D eigenvalue weighted by atomic mass is 9.78. The molecule has 74 valence electrons. The molecule has 3 rings (SSSR count). The van der Waals surface area contributed by atoms with E-state index in [0.29, 0.717) is 25.0 Å². The molecule has 3 nitrogen and oxygen atoms in total. The molecule has 3 heteroatoms. The fraction of sp³-hybridized carbons (Fsp3) is 1.00. The number of hydrogen-bond donors (Lipinski definition) is 2. The van der Waals surface area contributed by atoms with Crippen molar-refractivity contribution in [2.75, 3.05) is 13.2 Å². The van der Waals surface area contributed by atoms with Crippen LogP contribution in [0.2, 0.25) is 0 Å². The molecule has 1 aliphatic heterocycles. The van der Waals surface area contributed by atoms with Crippen LogP contribution in [-0.4, -0.2) is 34.6 Å². The summed E-state index contributed by atoms with van der Waals surface area (Å²) < 4.78 is 5.28. The normalized spacial score (nSPS) is 51.2. The number of aliphatic hydroxyl groups is 2. The van der Waals surface area contributed by atoms with Crippen molar-refractivity contribution in [1.29, 1.82) is 0 Å². The van der Waals surface area contributed by atoms with Crippen LogP contribution in [0.5, 0.6) is 0 Å². The average molecular weight is 184 g/mol. The minimum absolute atomic E-state index is 0.292. The summed E-state index contributed by atoms with van der Waals surface area (Å²) in [6, 6.07) is 0. The summed E-state index contributed by atoms with van der Waals surface area (Å²) in [5, 5.41) is 20.8. The first-order chi connectivity index (χ1) is 6.17.